The average molecular weight is 232 g/mol. The van der Waals surface area contributed by atoms with Crippen LogP contribution in [0.25, 0.3) is 0 Å². The van der Waals surface area contributed by atoms with Crippen molar-refractivity contribution in [2.45, 2.75) is 6.92 Å². The molecule has 0 saturated carbocycles. The Hall–Kier alpha value is -1.68. The van der Waals surface area contributed by atoms with Gasteiger partial charge >= 0.3 is 0 Å². The van der Waals surface area contributed by atoms with Crippen LogP contribution in [0.5, 0.6) is 0 Å². The van der Waals surface area contributed by atoms with Crippen LogP contribution in [0, 0.1) is 6.92 Å². The molecule has 0 saturated heterocycles. The van der Waals surface area contributed by atoms with E-state index in [9.17, 15) is 4.79 Å². The van der Waals surface area contributed by atoms with Crippen LogP contribution in [0.4, 0.5) is 5.13 Å². The summed E-state index contributed by atoms with van der Waals surface area (Å²) < 4.78 is 0. The third kappa shape index (κ3) is 1.97. The van der Waals surface area contributed by atoms with Gasteiger partial charge in [0.1, 0.15) is 0 Å². The van der Waals surface area contributed by atoms with Crippen molar-refractivity contribution in [2.24, 2.45) is 0 Å². The smallest absolute Gasteiger partial charge is 0.204 e. The van der Waals surface area contributed by atoms with Gasteiger partial charge in [-0.1, -0.05) is 41.7 Å². The Labute approximate surface area is 98.2 Å². The molecule has 1 N–H and O–H groups in total. The zero-order valence-electron chi connectivity index (χ0n) is 9.15. The van der Waals surface area contributed by atoms with E-state index < -0.39 is 0 Å². The highest BCUT2D eigenvalue weighted by molar-refractivity contribution is 7.17. The van der Waals surface area contributed by atoms with Gasteiger partial charge in [0, 0.05) is 12.6 Å². The van der Waals surface area contributed by atoms with Crippen LogP contribution >= 0.6 is 11.3 Å². The third-order valence-electron chi connectivity index (χ3n) is 2.25. The van der Waals surface area contributed by atoms with E-state index in [0.29, 0.717) is 10.4 Å². The molecular formula is C12H12N2OS. The van der Waals surface area contributed by atoms with Crippen molar-refractivity contribution in [1.29, 1.82) is 0 Å². The molecule has 1 heterocycles. The molecule has 82 valence electrons. The fourth-order valence-corrected chi connectivity index (χ4v) is 2.32. The Balaban J connectivity index is 2.38. The number of rotatable bonds is 3. The second kappa shape index (κ2) is 4.45. The molecule has 0 atom stereocenters. The minimum atomic E-state index is 0.0390. The van der Waals surface area contributed by atoms with Gasteiger partial charge in [0.15, 0.2) is 5.13 Å². The molecule has 0 amide bonds. The molecule has 0 aliphatic rings. The average Bonchev–Trinajstić information content (AvgIpc) is 2.71. The SMILES string of the molecule is CNc1nc(C)c(C(=O)c2ccccc2)s1. The monoisotopic (exact) mass is 232 g/mol. The van der Waals surface area contributed by atoms with Crippen LogP contribution < -0.4 is 5.32 Å². The van der Waals surface area contributed by atoms with E-state index in [2.05, 4.69) is 10.3 Å². The standard InChI is InChI=1S/C12H12N2OS/c1-8-11(16-12(13-2)14-8)10(15)9-6-4-3-5-7-9/h3-7H,1-2H3,(H,13,14). The highest BCUT2D eigenvalue weighted by Crippen LogP contribution is 2.24. The minimum absolute atomic E-state index is 0.0390. The lowest BCUT2D eigenvalue weighted by Crippen LogP contribution is -1.99. The van der Waals surface area contributed by atoms with Gasteiger partial charge in [-0.25, -0.2) is 4.98 Å². The third-order valence-corrected chi connectivity index (χ3v) is 3.43. The maximum atomic E-state index is 12.1. The first-order valence-corrected chi connectivity index (χ1v) is 5.79. The number of hydrogen-bond acceptors (Lipinski definition) is 4. The summed E-state index contributed by atoms with van der Waals surface area (Å²) in [5, 5.41) is 3.72. The maximum absolute atomic E-state index is 12.1. The molecule has 0 aliphatic heterocycles. The molecule has 3 nitrogen and oxygen atoms in total. The minimum Gasteiger partial charge on any atom is -0.365 e. The van der Waals surface area contributed by atoms with Crippen LogP contribution in [0.1, 0.15) is 20.9 Å². The highest BCUT2D eigenvalue weighted by atomic mass is 32.1. The number of nitrogens with one attached hydrogen (secondary N) is 1. The zero-order chi connectivity index (χ0) is 11.5. The van der Waals surface area contributed by atoms with Crippen LogP contribution in [-0.4, -0.2) is 17.8 Å². The summed E-state index contributed by atoms with van der Waals surface area (Å²) in [5.41, 5.74) is 1.49. The second-order valence-electron chi connectivity index (χ2n) is 3.38. The molecule has 0 bridgehead atoms. The Morgan fingerprint density at radius 3 is 2.56 bits per heavy atom. The first kappa shape index (κ1) is 10.8. The predicted octanol–water partition coefficient (Wildman–Crippen LogP) is 2.72. The maximum Gasteiger partial charge on any atom is 0.204 e. The highest BCUT2D eigenvalue weighted by Gasteiger charge is 2.15. The molecule has 0 unspecified atom stereocenters. The van der Waals surface area contributed by atoms with Gasteiger partial charge in [-0.3, -0.25) is 4.79 Å². The van der Waals surface area contributed by atoms with E-state index >= 15 is 0 Å². The first-order valence-electron chi connectivity index (χ1n) is 4.97. The summed E-state index contributed by atoms with van der Waals surface area (Å²) in [7, 11) is 1.80. The summed E-state index contributed by atoms with van der Waals surface area (Å²) in [6, 6.07) is 9.27. The molecule has 2 rings (SSSR count). The predicted molar refractivity (Wildman–Crippen MR) is 66.3 cm³/mol. The number of carbonyl (C=O) groups is 1. The van der Waals surface area contributed by atoms with Gasteiger partial charge < -0.3 is 5.32 Å². The second-order valence-corrected chi connectivity index (χ2v) is 4.38. The van der Waals surface area contributed by atoms with E-state index in [4.69, 9.17) is 0 Å². The van der Waals surface area contributed by atoms with Gasteiger partial charge in [-0.05, 0) is 6.92 Å². The number of thiazole rings is 1. The summed E-state index contributed by atoms with van der Waals surface area (Å²) in [6.07, 6.45) is 0. The molecule has 16 heavy (non-hydrogen) atoms. The lowest BCUT2D eigenvalue weighted by atomic mass is 10.1. The molecule has 0 radical (unpaired) electrons. The number of carbonyl (C=O) groups excluding carboxylic acids is 1. The fourth-order valence-electron chi connectivity index (χ4n) is 1.43. The van der Waals surface area contributed by atoms with Crippen LogP contribution in [-0.2, 0) is 0 Å². The number of benzene rings is 1. The van der Waals surface area contributed by atoms with Crippen molar-refractivity contribution in [2.75, 3.05) is 12.4 Å². The molecule has 1 aromatic carbocycles. The molecule has 0 spiro atoms. The summed E-state index contributed by atoms with van der Waals surface area (Å²) in [4.78, 5) is 17.1. The van der Waals surface area contributed by atoms with Gasteiger partial charge in [0.2, 0.25) is 5.78 Å². The molecule has 1 aromatic heterocycles. The number of aryl methyl sites for hydroxylation is 1. The lowest BCUT2D eigenvalue weighted by Gasteiger charge is -1.97. The summed E-state index contributed by atoms with van der Waals surface area (Å²) in [6.45, 7) is 1.85. The van der Waals surface area contributed by atoms with Crippen LogP contribution in [0.3, 0.4) is 0 Å². The van der Waals surface area contributed by atoms with Crippen molar-refractivity contribution < 1.29 is 4.79 Å². The fraction of sp³-hybridized carbons (Fsp3) is 0.167. The van der Waals surface area contributed by atoms with E-state index in [0.717, 1.165) is 10.8 Å². The first-order chi connectivity index (χ1) is 7.72. The Morgan fingerprint density at radius 1 is 1.31 bits per heavy atom. The topological polar surface area (TPSA) is 42.0 Å². The lowest BCUT2D eigenvalue weighted by molar-refractivity contribution is 0.104. The van der Waals surface area contributed by atoms with E-state index in [-0.39, 0.29) is 5.78 Å². The number of hydrogen-bond donors (Lipinski definition) is 1. The Bertz CT molecular complexity index is 505. The van der Waals surface area contributed by atoms with Crippen molar-refractivity contribution in [1.82, 2.24) is 4.98 Å². The zero-order valence-corrected chi connectivity index (χ0v) is 9.97. The van der Waals surface area contributed by atoms with Gasteiger partial charge in [-0.2, -0.15) is 0 Å². The molecule has 0 fully saturated rings. The Kier molecular flexibility index (Phi) is 3.01. The van der Waals surface area contributed by atoms with Gasteiger partial charge in [0.05, 0.1) is 10.6 Å². The molecule has 2 aromatic rings. The Morgan fingerprint density at radius 2 is 2.00 bits per heavy atom. The van der Waals surface area contributed by atoms with Gasteiger partial charge in [-0.15, -0.1) is 0 Å². The van der Waals surface area contributed by atoms with Crippen molar-refractivity contribution in [3.05, 3.63) is 46.5 Å². The quantitative estimate of drug-likeness (QED) is 0.827. The normalized spacial score (nSPS) is 10.1. The van der Waals surface area contributed by atoms with E-state index in [1.54, 1.807) is 7.05 Å². The van der Waals surface area contributed by atoms with E-state index in [1.165, 1.54) is 11.3 Å². The van der Waals surface area contributed by atoms with Gasteiger partial charge in [0.25, 0.3) is 0 Å². The number of nitrogens with zero attached hydrogens (tertiary/aromatic N) is 1. The largest absolute Gasteiger partial charge is 0.365 e. The van der Waals surface area contributed by atoms with E-state index in [1.807, 2.05) is 37.3 Å². The molecular weight excluding hydrogens is 220 g/mol. The summed E-state index contributed by atoms with van der Waals surface area (Å²) in [5.74, 6) is 0.0390. The number of ketones is 1. The van der Waals surface area contributed by atoms with Crippen molar-refractivity contribution in [3.63, 3.8) is 0 Å². The van der Waals surface area contributed by atoms with Crippen molar-refractivity contribution in [3.8, 4) is 0 Å². The number of anilines is 1. The molecule has 0 aliphatic carbocycles. The summed E-state index contributed by atoms with van der Waals surface area (Å²) >= 11 is 1.39. The van der Waals surface area contributed by atoms with Crippen LogP contribution in [0.15, 0.2) is 30.3 Å². The van der Waals surface area contributed by atoms with Crippen molar-refractivity contribution >= 4 is 22.3 Å². The number of aromatic nitrogens is 1. The molecule has 4 heteroatoms. The van der Waals surface area contributed by atoms with Crippen LogP contribution in [0.2, 0.25) is 0 Å².